The molecule has 0 saturated carbocycles. The normalized spacial score (nSPS) is 24.3. The largest absolute Gasteiger partial charge is 0.472 e. The number of hydrogen-bond donors (Lipinski definition) is 1. The van der Waals surface area contributed by atoms with Crippen molar-refractivity contribution in [2.45, 2.75) is 39.0 Å². The lowest BCUT2D eigenvalue weighted by molar-refractivity contribution is -0.128. The highest BCUT2D eigenvalue weighted by Crippen LogP contribution is 2.20. The van der Waals surface area contributed by atoms with E-state index in [2.05, 4.69) is 31.0 Å². The predicted octanol–water partition coefficient (Wildman–Crippen LogP) is 1.87. The average molecular weight is 252 g/mol. The summed E-state index contributed by atoms with van der Waals surface area (Å²) in [5.41, 5.74) is 1.17. The summed E-state index contributed by atoms with van der Waals surface area (Å²) in [4.78, 5) is 2.47. The topological polar surface area (TPSA) is 37.6 Å². The van der Waals surface area contributed by atoms with Gasteiger partial charge in [0.05, 0.1) is 24.2 Å². The average Bonchev–Trinajstić information content (AvgIpc) is 2.74. The van der Waals surface area contributed by atoms with Crippen LogP contribution in [0.3, 0.4) is 0 Å². The summed E-state index contributed by atoms with van der Waals surface area (Å²) in [7, 11) is 0. The lowest BCUT2D eigenvalue weighted by Crippen LogP contribution is -2.53. The molecular weight excluding hydrogens is 228 g/mol. The van der Waals surface area contributed by atoms with Crippen LogP contribution in [0.15, 0.2) is 23.0 Å². The third-order valence-electron chi connectivity index (χ3n) is 3.15. The van der Waals surface area contributed by atoms with Gasteiger partial charge in [-0.05, 0) is 26.8 Å². The third-order valence-corrected chi connectivity index (χ3v) is 3.15. The molecule has 2 heterocycles. The Morgan fingerprint density at radius 2 is 2.33 bits per heavy atom. The van der Waals surface area contributed by atoms with Crippen LogP contribution >= 0.6 is 0 Å². The first-order chi connectivity index (χ1) is 8.55. The minimum absolute atomic E-state index is 0.0256. The molecule has 0 aromatic carbocycles. The summed E-state index contributed by atoms with van der Waals surface area (Å²) in [6.07, 6.45) is 3.82. The Labute approximate surface area is 109 Å². The monoisotopic (exact) mass is 252 g/mol. The van der Waals surface area contributed by atoms with E-state index in [0.29, 0.717) is 6.10 Å². The van der Waals surface area contributed by atoms with Gasteiger partial charge in [-0.3, -0.25) is 4.90 Å². The molecule has 4 heteroatoms. The fraction of sp³-hybridized carbons (Fsp3) is 0.714. The fourth-order valence-electron chi connectivity index (χ4n) is 2.62. The second kappa shape index (κ2) is 5.87. The first-order valence-corrected chi connectivity index (χ1v) is 6.67. The van der Waals surface area contributed by atoms with Gasteiger partial charge in [-0.1, -0.05) is 0 Å². The minimum atomic E-state index is -0.0256. The Bertz CT molecular complexity index is 349. The first-order valence-electron chi connectivity index (χ1n) is 6.67. The van der Waals surface area contributed by atoms with Crippen LogP contribution in [-0.2, 0) is 11.3 Å². The zero-order valence-corrected chi connectivity index (χ0v) is 11.6. The van der Waals surface area contributed by atoms with Crippen molar-refractivity contribution in [3.63, 3.8) is 0 Å². The predicted molar refractivity (Wildman–Crippen MR) is 71.5 cm³/mol. The molecule has 102 valence electrons. The van der Waals surface area contributed by atoms with Crippen LogP contribution in [-0.4, -0.2) is 42.8 Å². The van der Waals surface area contributed by atoms with Gasteiger partial charge in [0.25, 0.3) is 0 Å². The number of morpholine rings is 1. The molecule has 18 heavy (non-hydrogen) atoms. The Morgan fingerprint density at radius 3 is 3.00 bits per heavy atom. The molecule has 1 aliphatic rings. The summed E-state index contributed by atoms with van der Waals surface area (Å²) < 4.78 is 10.9. The van der Waals surface area contributed by atoms with Crippen molar-refractivity contribution in [2.24, 2.45) is 0 Å². The number of hydrogen-bond acceptors (Lipinski definition) is 4. The molecule has 1 atom stereocenters. The summed E-state index contributed by atoms with van der Waals surface area (Å²) in [5, 5.41) is 3.43. The molecule has 1 aromatic rings. The highest BCUT2D eigenvalue weighted by Gasteiger charge is 2.30. The van der Waals surface area contributed by atoms with Crippen LogP contribution in [0.4, 0.5) is 0 Å². The SMILES string of the molecule is CC1CN(CCNCc2ccoc2)CC(C)(C)O1. The number of nitrogens with one attached hydrogen (secondary N) is 1. The van der Waals surface area contributed by atoms with E-state index in [1.807, 2.05) is 6.07 Å². The van der Waals surface area contributed by atoms with Gasteiger partial charge in [-0.15, -0.1) is 0 Å². The maximum Gasteiger partial charge on any atom is 0.0947 e. The molecular formula is C14H24N2O2. The van der Waals surface area contributed by atoms with Crippen molar-refractivity contribution < 1.29 is 9.15 Å². The minimum Gasteiger partial charge on any atom is -0.472 e. The van der Waals surface area contributed by atoms with E-state index in [0.717, 1.165) is 32.7 Å². The van der Waals surface area contributed by atoms with E-state index in [-0.39, 0.29) is 5.60 Å². The summed E-state index contributed by atoms with van der Waals surface area (Å²) in [6.45, 7) is 11.4. The third kappa shape index (κ3) is 4.12. The van der Waals surface area contributed by atoms with E-state index >= 15 is 0 Å². The Hall–Kier alpha value is -0.840. The first kappa shape index (κ1) is 13.6. The summed E-state index contributed by atoms with van der Waals surface area (Å²) in [5.74, 6) is 0. The molecule has 1 N–H and O–H groups in total. The van der Waals surface area contributed by atoms with E-state index in [1.54, 1.807) is 12.5 Å². The lowest BCUT2D eigenvalue weighted by Gasteiger charge is -2.41. The summed E-state index contributed by atoms with van der Waals surface area (Å²) >= 11 is 0. The van der Waals surface area contributed by atoms with Crippen molar-refractivity contribution in [3.8, 4) is 0 Å². The van der Waals surface area contributed by atoms with Crippen molar-refractivity contribution in [1.29, 1.82) is 0 Å². The van der Waals surface area contributed by atoms with Crippen molar-refractivity contribution in [3.05, 3.63) is 24.2 Å². The second-order valence-corrected chi connectivity index (χ2v) is 5.73. The van der Waals surface area contributed by atoms with Gasteiger partial charge in [-0.2, -0.15) is 0 Å². The molecule has 0 radical (unpaired) electrons. The second-order valence-electron chi connectivity index (χ2n) is 5.73. The van der Waals surface area contributed by atoms with Crippen molar-refractivity contribution in [1.82, 2.24) is 10.2 Å². The summed E-state index contributed by atoms with van der Waals surface area (Å²) in [6, 6.07) is 1.99. The maximum atomic E-state index is 5.89. The van der Waals surface area contributed by atoms with Crippen LogP contribution in [0.1, 0.15) is 26.3 Å². The Balaban J connectivity index is 1.67. The van der Waals surface area contributed by atoms with Gasteiger partial charge >= 0.3 is 0 Å². The van der Waals surface area contributed by atoms with E-state index in [4.69, 9.17) is 9.15 Å². The molecule has 1 aromatic heterocycles. The standard InChI is InChI=1S/C14H24N2O2/c1-12-9-16(11-14(2,3)18-12)6-5-15-8-13-4-7-17-10-13/h4,7,10,12,15H,5-6,8-9,11H2,1-3H3. The van der Waals surface area contributed by atoms with Gasteiger partial charge in [0.1, 0.15) is 0 Å². The molecule has 0 amide bonds. The molecule has 0 bridgehead atoms. The molecule has 0 aliphatic carbocycles. The fourth-order valence-corrected chi connectivity index (χ4v) is 2.62. The van der Waals surface area contributed by atoms with Crippen LogP contribution in [0.5, 0.6) is 0 Å². The molecule has 1 fully saturated rings. The zero-order valence-electron chi connectivity index (χ0n) is 11.6. The maximum absolute atomic E-state index is 5.89. The smallest absolute Gasteiger partial charge is 0.0947 e. The van der Waals surface area contributed by atoms with E-state index < -0.39 is 0 Å². The van der Waals surface area contributed by atoms with Gasteiger partial charge in [0, 0.05) is 38.3 Å². The number of furan rings is 1. The van der Waals surface area contributed by atoms with Crippen molar-refractivity contribution in [2.75, 3.05) is 26.2 Å². The van der Waals surface area contributed by atoms with Crippen LogP contribution < -0.4 is 5.32 Å². The molecule has 1 unspecified atom stereocenters. The quantitative estimate of drug-likeness (QED) is 0.812. The van der Waals surface area contributed by atoms with Crippen LogP contribution in [0.25, 0.3) is 0 Å². The molecule has 1 saturated heterocycles. The van der Waals surface area contributed by atoms with Crippen molar-refractivity contribution >= 4 is 0 Å². The lowest BCUT2D eigenvalue weighted by atomic mass is 10.1. The number of ether oxygens (including phenoxy) is 1. The van der Waals surface area contributed by atoms with Gasteiger partial charge in [0.2, 0.25) is 0 Å². The zero-order chi connectivity index (χ0) is 13.0. The van der Waals surface area contributed by atoms with Crippen LogP contribution in [0, 0.1) is 0 Å². The molecule has 0 spiro atoms. The van der Waals surface area contributed by atoms with Gasteiger partial charge in [-0.25, -0.2) is 0 Å². The van der Waals surface area contributed by atoms with E-state index in [1.165, 1.54) is 5.56 Å². The van der Waals surface area contributed by atoms with Gasteiger partial charge < -0.3 is 14.5 Å². The molecule has 2 rings (SSSR count). The number of nitrogens with zero attached hydrogens (tertiary/aromatic N) is 1. The Morgan fingerprint density at radius 1 is 1.50 bits per heavy atom. The highest BCUT2D eigenvalue weighted by atomic mass is 16.5. The van der Waals surface area contributed by atoms with Gasteiger partial charge in [0.15, 0.2) is 0 Å². The molecule has 4 nitrogen and oxygen atoms in total. The van der Waals surface area contributed by atoms with Crippen LogP contribution in [0.2, 0.25) is 0 Å². The van der Waals surface area contributed by atoms with E-state index in [9.17, 15) is 0 Å². The Kier molecular flexibility index (Phi) is 4.43. The highest BCUT2D eigenvalue weighted by molar-refractivity contribution is 5.04. The number of rotatable bonds is 5. The molecule has 1 aliphatic heterocycles.